The standard InChI is InChI=1S/C13H25NOS/c1-2-16-10-4-8-14-12-5-3-6-13-11(12)7-9-15-13/h11-14H,2-10H2,1H3. The van der Waals surface area contributed by atoms with E-state index in [4.69, 9.17) is 4.74 Å². The Morgan fingerprint density at radius 2 is 2.25 bits per heavy atom. The van der Waals surface area contributed by atoms with Crippen LogP contribution in [-0.4, -0.2) is 36.8 Å². The molecule has 1 aliphatic carbocycles. The van der Waals surface area contributed by atoms with Gasteiger partial charge in [-0.1, -0.05) is 6.92 Å². The highest BCUT2D eigenvalue weighted by molar-refractivity contribution is 7.99. The van der Waals surface area contributed by atoms with Gasteiger partial charge in [-0.05, 0) is 50.2 Å². The van der Waals surface area contributed by atoms with Crippen molar-refractivity contribution in [2.24, 2.45) is 5.92 Å². The Kier molecular flexibility index (Phi) is 5.46. The van der Waals surface area contributed by atoms with E-state index in [-0.39, 0.29) is 0 Å². The van der Waals surface area contributed by atoms with Crippen molar-refractivity contribution in [3.05, 3.63) is 0 Å². The van der Waals surface area contributed by atoms with Crippen molar-refractivity contribution in [3.63, 3.8) is 0 Å². The summed E-state index contributed by atoms with van der Waals surface area (Å²) in [6.07, 6.45) is 7.19. The van der Waals surface area contributed by atoms with Crippen LogP contribution in [0.1, 0.15) is 39.0 Å². The second-order valence-electron chi connectivity index (χ2n) is 4.90. The van der Waals surface area contributed by atoms with Crippen molar-refractivity contribution in [3.8, 4) is 0 Å². The fourth-order valence-corrected chi connectivity index (χ4v) is 3.67. The number of hydrogen-bond donors (Lipinski definition) is 1. The average molecular weight is 243 g/mol. The molecule has 0 amide bonds. The first-order valence-electron chi connectivity index (χ1n) is 6.84. The molecule has 0 aromatic carbocycles. The summed E-state index contributed by atoms with van der Waals surface area (Å²) < 4.78 is 5.79. The Morgan fingerprint density at radius 3 is 3.12 bits per heavy atom. The SMILES string of the molecule is CCSCCCNC1CCCC2OCCC12. The minimum atomic E-state index is 0.580. The number of thioether (sulfide) groups is 1. The summed E-state index contributed by atoms with van der Waals surface area (Å²) in [5.41, 5.74) is 0. The molecular weight excluding hydrogens is 218 g/mol. The topological polar surface area (TPSA) is 21.3 Å². The van der Waals surface area contributed by atoms with E-state index in [1.807, 2.05) is 11.8 Å². The van der Waals surface area contributed by atoms with Crippen LogP contribution in [0.25, 0.3) is 0 Å². The van der Waals surface area contributed by atoms with Gasteiger partial charge < -0.3 is 10.1 Å². The summed E-state index contributed by atoms with van der Waals surface area (Å²) in [4.78, 5) is 0. The maximum atomic E-state index is 5.79. The normalized spacial score (nSPS) is 33.9. The van der Waals surface area contributed by atoms with Gasteiger partial charge >= 0.3 is 0 Å². The van der Waals surface area contributed by atoms with Crippen LogP contribution in [0.5, 0.6) is 0 Å². The molecule has 3 heteroatoms. The molecule has 16 heavy (non-hydrogen) atoms. The first kappa shape index (κ1) is 12.7. The average Bonchev–Trinajstić information content (AvgIpc) is 2.77. The third kappa shape index (κ3) is 3.38. The zero-order valence-corrected chi connectivity index (χ0v) is 11.2. The summed E-state index contributed by atoms with van der Waals surface area (Å²) >= 11 is 2.05. The van der Waals surface area contributed by atoms with Gasteiger partial charge in [-0.2, -0.15) is 11.8 Å². The van der Waals surface area contributed by atoms with Crippen LogP contribution in [0.4, 0.5) is 0 Å². The van der Waals surface area contributed by atoms with E-state index in [0.29, 0.717) is 6.10 Å². The van der Waals surface area contributed by atoms with Crippen molar-refractivity contribution >= 4 is 11.8 Å². The highest BCUT2D eigenvalue weighted by Gasteiger charge is 2.36. The summed E-state index contributed by atoms with van der Waals surface area (Å²) in [5, 5.41) is 3.76. The Balaban J connectivity index is 1.64. The van der Waals surface area contributed by atoms with E-state index in [1.165, 1.54) is 50.2 Å². The van der Waals surface area contributed by atoms with E-state index < -0.39 is 0 Å². The van der Waals surface area contributed by atoms with Gasteiger partial charge in [0.1, 0.15) is 0 Å². The molecule has 2 aliphatic rings. The molecule has 1 saturated heterocycles. The summed E-state index contributed by atoms with van der Waals surface area (Å²) in [5.74, 6) is 3.37. The van der Waals surface area contributed by atoms with Crippen LogP contribution in [0.3, 0.4) is 0 Å². The van der Waals surface area contributed by atoms with Crippen LogP contribution in [0, 0.1) is 5.92 Å². The van der Waals surface area contributed by atoms with Crippen LogP contribution < -0.4 is 5.32 Å². The first-order chi connectivity index (χ1) is 7.92. The van der Waals surface area contributed by atoms with E-state index in [9.17, 15) is 0 Å². The molecule has 1 N–H and O–H groups in total. The molecule has 0 spiro atoms. The van der Waals surface area contributed by atoms with Crippen LogP contribution in [0.15, 0.2) is 0 Å². The highest BCUT2D eigenvalue weighted by atomic mass is 32.2. The third-order valence-electron chi connectivity index (χ3n) is 3.86. The highest BCUT2D eigenvalue weighted by Crippen LogP contribution is 2.34. The summed E-state index contributed by atoms with van der Waals surface area (Å²) in [7, 11) is 0. The van der Waals surface area contributed by atoms with Gasteiger partial charge in [-0.25, -0.2) is 0 Å². The monoisotopic (exact) mass is 243 g/mol. The summed E-state index contributed by atoms with van der Waals surface area (Å²) in [6, 6.07) is 0.743. The Bertz CT molecular complexity index is 200. The zero-order chi connectivity index (χ0) is 11.2. The van der Waals surface area contributed by atoms with Crippen molar-refractivity contribution in [1.82, 2.24) is 5.32 Å². The van der Waals surface area contributed by atoms with Crippen molar-refractivity contribution in [1.29, 1.82) is 0 Å². The fraction of sp³-hybridized carbons (Fsp3) is 1.00. The smallest absolute Gasteiger partial charge is 0.0619 e. The molecule has 0 aromatic rings. The lowest BCUT2D eigenvalue weighted by Gasteiger charge is -2.33. The van der Waals surface area contributed by atoms with E-state index >= 15 is 0 Å². The second kappa shape index (κ2) is 6.87. The molecule has 0 radical (unpaired) electrons. The van der Waals surface area contributed by atoms with Gasteiger partial charge in [0.05, 0.1) is 6.10 Å². The quantitative estimate of drug-likeness (QED) is 0.725. The molecular formula is C13H25NOS. The molecule has 1 saturated carbocycles. The van der Waals surface area contributed by atoms with E-state index in [1.54, 1.807) is 0 Å². The molecule has 1 heterocycles. The lowest BCUT2D eigenvalue weighted by Crippen LogP contribution is -2.43. The van der Waals surface area contributed by atoms with Gasteiger partial charge in [0, 0.05) is 18.6 Å². The molecule has 2 nitrogen and oxygen atoms in total. The molecule has 94 valence electrons. The number of rotatable bonds is 6. The molecule has 2 rings (SSSR count). The lowest BCUT2D eigenvalue weighted by molar-refractivity contribution is 0.0533. The van der Waals surface area contributed by atoms with Gasteiger partial charge in [-0.15, -0.1) is 0 Å². The van der Waals surface area contributed by atoms with Crippen LogP contribution in [0.2, 0.25) is 0 Å². The van der Waals surface area contributed by atoms with Crippen LogP contribution >= 0.6 is 11.8 Å². The molecule has 1 aliphatic heterocycles. The van der Waals surface area contributed by atoms with Crippen molar-refractivity contribution < 1.29 is 4.74 Å². The predicted octanol–water partition coefficient (Wildman–Crippen LogP) is 2.68. The Hall–Kier alpha value is 0.270. The van der Waals surface area contributed by atoms with E-state index in [2.05, 4.69) is 12.2 Å². The van der Waals surface area contributed by atoms with Gasteiger partial charge in [-0.3, -0.25) is 0 Å². The predicted molar refractivity (Wildman–Crippen MR) is 71.1 cm³/mol. The summed E-state index contributed by atoms with van der Waals surface area (Å²) in [6.45, 7) is 4.43. The molecule has 3 unspecified atom stereocenters. The first-order valence-corrected chi connectivity index (χ1v) is 8.00. The zero-order valence-electron chi connectivity index (χ0n) is 10.4. The maximum Gasteiger partial charge on any atom is 0.0619 e. The second-order valence-corrected chi connectivity index (χ2v) is 6.30. The third-order valence-corrected chi connectivity index (χ3v) is 4.84. The molecule has 2 fully saturated rings. The number of nitrogens with one attached hydrogen (secondary N) is 1. The van der Waals surface area contributed by atoms with E-state index in [0.717, 1.165) is 18.6 Å². The van der Waals surface area contributed by atoms with Gasteiger partial charge in [0.2, 0.25) is 0 Å². The fourth-order valence-electron chi connectivity index (χ4n) is 3.04. The molecule has 3 atom stereocenters. The molecule has 0 aromatic heterocycles. The Labute approximate surface area is 104 Å². The minimum absolute atomic E-state index is 0.580. The van der Waals surface area contributed by atoms with Gasteiger partial charge in [0.15, 0.2) is 0 Å². The largest absolute Gasteiger partial charge is 0.378 e. The van der Waals surface area contributed by atoms with Crippen molar-refractivity contribution in [2.75, 3.05) is 24.7 Å². The lowest BCUT2D eigenvalue weighted by atomic mass is 9.82. The van der Waals surface area contributed by atoms with Gasteiger partial charge in [0.25, 0.3) is 0 Å². The maximum absolute atomic E-state index is 5.79. The van der Waals surface area contributed by atoms with Crippen LogP contribution in [-0.2, 0) is 4.74 Å². The number of hydrogen-bond acceptors (Lipinski definition) is 3. The minimum Gasteiger partial charge on any atom is -0.378 e. The molecule has 0 bridgehead atoms. The number of fused-ring (bicyclic) bond motifs is 1. The number of ether oxygens (including phenoxy) is 1. The van der Waals surface area contributed by atoms with Crippen molar-refractivity contribution in [2.45, 2.75) is 51.2 Å². The Morgan fingerprint density at radius 1 is 1.31 bits per heavy atom.